The molecule has 0 aliphatic heterocycles. The molecule has 2 unspecified atom stereocenters. The van der Waals surface area contributed by atoms with E-state index in [1.165, 1.54) is 18.2 Å². The molecule has 3 aromatic rings. The lowest BCUT2D eigenvalue weighted by Crippen LogP contribution is -2.47. The molecule has 0 aliphatic carbocycles. The van der Waals surface area contributed by atoms with Crippen LogP contribution in [0.5, 0.6) is 5.75 Å². The second-order valence-corrected chi connectivity index (χ2v) is 7.85. The van der Waals surface area contributed by atoms with Gasteiger partial charge in [-0.25, -0.2) is 14.1 Å². The highest BCUT2D eigenvalue weighted by Crippen LogP contribution is 2.46. The molecule has 6 heteroatoms. The van der Waals surface area contributed by atoms with Crippen LogP contribution in [0.25, 0.3) is 0 Å². The lowest BCUT2D eigenvalue weighted by Gasteiger charge is -2.38. The number of benzene rings is 3. The standard InChI is InChI=1S/C25H21ClFNO3/c1-17(2)25(19-11-13-20(26)14-12-19,23(16-28)18-7-4-3-5-8-18)24(29)31-30-22-10-6-9-21(27)15-22/h3-15,17,23H,1-2H3. The molecule has 31 heavy (non-hydrogen) atoms. The van der Waals surface area contributed by atoms with E-state index in [1.54, 1.807) is 48.5 Å². The third kappa shape index (κ3) is 4.55. The van der Waals surface area contributed by atoms with Crippen molar-refractivity contribution in [2.24, 2.45) is 5.92 Å². The van der Waals surface area contributed by atoms with Gasteiger partial charge in [0.1, 0.15) is 11.2 Å². The van der Waals surface area contributed by atoms with Gasteiger partial charge in [-0.2, -0.15) is 5.26 Å². The smallest absolute Gasteiger partial charge is 0.287 e. The first kappa shape index (κ1) is 22.3. The van der Waals surface area contributed by atoms with Gasteiger partial charge in [0.25, 0.3) is 0 Å². The summed E-state index contributed by atoms with van der Waals surface area (Å²) >= 11 is 6.07. The molecule has 0 amide bonds. The van der Waals surface area contributed by atoms with E-state index >= 15 is 0 Å². The molecule has 0 aliphatic rings. The molecule has 3 rings (SSSR count). The van der Waals surface area contributed by atoms with Crippen molar-refractivity contribution in [1.29, 1.82) is 5.26 Å². The van der Waals surface area contributed by atoms with E-state index in [0.717, 1.165) is 6.07 Å². The van der Waals surface area contributed by atoms with Crippen LogP contribution < -0.4 is 4.89 Å². The number of halogens is 2. The Morgan fingerprint density at radius 3 is 2.29 bits per heavy atom. The third-order valence-electron chi connectivity index (χ3n) is 5.30. The second-order valence-electron chi connectivity index (χ2n) is 7.41. The third-order valence-corrected chi connectivity index (χ3v) is 5.55. The van der Waals surface area contributed by atoms with Crippen molar-refractivity contribution in [3.8, 4) is 11.8 Å². The van der Waals surface area contributed by atoms with E-state index in [-0.39, 0.29) is 11.7 Å². The van der Waals surface area contributed by atoms with Crippen molar-refractivity contribution in [3.63, 3.8) is 0 Å². The van der Waals surface area contributed by atoms with Gasteiger partial charge in [-0.15, -0.1) is 0 Å². The summed E-state index contributed by atoms with van der Waals surface area (Å²) in [6.45, 7) is 3.68. The summed E-state index contributed by atoms with van der Waals surface area (Å²) in [4.78, 5) is 24.0. The molecule has 0 saturated heterocycles. The van der Waals surface area contributed by atoms with Crippen molar-refractivity contribution in [2.45, 2.75) is 25.2 Å². The van der Waals surface area contributed by atoms with Crippen LogP contribution in [0.3, 0.4) is 0 Å². The molecule has 0 bridgehead atoms. The van der Waals surface area contributed by atoms with Gasteiger partial charge < -0.3 is 0 Å². The summed E-state index contributed by atoms with van der Waals surface area (Å²) in [7, 11) is 0. The van der Waals surface area contributed by atoms with Crippen LogP contribution >= 0.6 is 11.6 Å². The highest BCUT2D eigenvalue weighted by atomic mass is 35.5. The minimum Gasteiger partial charge on any atom is -0.287 e. The molecule has 2 atom stereocenters. The Hall–Kier alpha value is -3.36. The van der Waals surface area contributed by atoms with Crippen molar-refractivity contribution >= 4 is 17.6 Å². The number of carbonyl (C=O) groups excluding carboxylic acids is 1. The Bertz CT molecular complexity index is 1080. The van der Waals surface area contributed by atoms with Gasteiger partial charge in [-0.1, -0.05) is 74.0 Å². The Morgan fingerprint density at radius 2 is 1.71 bits per heavy atom. The molecular formula is C25H21ClFNO3. The molecule has 0 heterocycles. The molecule has 0 N–H and O–H groups in total. The SMILES string of the molecule is CC(C)C(C(=O)OOc1cccc(F)c1)(c1ccc(Cl)cc1)C(C#N)c1ccccc1. The van der Waals surface area contributed by atoms with E-state index in [1.807, 2.05) is 19.9 Å². The highest BCUT2D eigenvalue weighted by Gasteiger charge is 2.53. The van der Waals surface area contributed by atoms with Crippen LogP contribution in [0, 0.1) is 23.1 Å². The van der Waals surface area contributed by atoms with Crippen molar-refractivity contribution in [1.82, 2.24) is 0 Å². The number of carbonyl (C=O) groups is 1. The van der Waals surface area contributed by atoms with Crippen LogP contribution in [0.15, 0.2) is 78.9 Å². The van der Waals surface area contributed by atoms with Crippen molar-refractivity contribution in [3.05, 3.63) is 101 Å². The molecule has 0 spiro atoms. The molecule has 3 aromatic carbocycles. The van der Waals surface area contributed by atoms with Gasteiger partial charge in [-0.05, 0) is 41.3 Å². The van der Waals surface area contributed by atoms with E-state index in [0.29, 0.717) is 16.1 Å². The molecule has 158 valence electrons. The van der Waals surface area contributed by atoms with Crippen LogP contribution in [-0.2, 0) is 15.1 Å². The Balaban J connectivity index is 2.11. The summed E-state index contributed by atoms with van der Waals surface area (Å²) < 4.78 is 13.5. The maximum Gasteiger partial charge on any atom is 0.367 e. The normalized spacial score (nSPS) is 13.7. The van der Waals surface area contributed by atoms with E-state index in [2.05, 4.69) is 6.07 Å². The molecular weight excluding hydrogens is 417 g/mol. The molecule has 0 radical (unpaired) electrons. The van der Waals surface area contributed by atoms with Crippen molar-refractivity contribution in [2.75, 3.05) is 0 Å². The summed E-state index contributed by atoms with van der Waals surface area (Å²) in [5.41, 5.74) is -0.180. The van der Waals surface area contributed by atoms with Gasteiger partial charge in [0.2, 0.25) is 0 Å². The predicted molar refractivity (Wildman–Crippen MR) is 116 cm³/mol. The molecule has 4 nitrogen and oxygen atoms in total. The first-order valence-electron chi connectivity index (χ1n) is 9.74. The summed E-state index contributed by atoms with van der Waals surface area (Å²) in [6, 6.07) is 23.3. The van der Waals surface area contributed by atoms with E-state index in [4.69, 9.17) is 21.4 Å². The fourth-order valence-corrected chi connectivity index (χ4v) is 3.91. The number of nitriles is 1. The first-order chi connectivity index (χ1) is 14.9. The minimum atomic E-state index is -1.41. The van der Waals surface area contributed by atoms with Crippen LogP contribution in [0.4, 0.5) is 4.39 Å². The van der Waals surface area contributed by atoms with E-state index in [9.17, 15) is 14.4 Å². The Labute approximate surface area is 185 Å². The lowest BCUT2D eigenvalue weighted by molar-refractivity contribution is -0.223. The average molecular weight is 438 g/mol. The zero-order valence-corrected chi connectivity index (χ0v) is 17.8. The fourth-order valence-electron chi connectivity index (χ4n) is 3.79. The zero-order chi connectivity index (χ0) is 22.4. The first-order valence-corrected chi connectivity index (χ1v) is 10.1. The van der Waals surface area contributed by atoms with Gasteiger partial charge in [0.05, 0.1) is 12.0 Å². The number of nitrogens with zero attached hydrogens (tertiary/aromatic N) is 1. The highest BCUT2D eigenvalue weighted by molar-refractivity contribution is 6.30. The zero-order valence-electron chi connectivity index (χ0n) is 17.1. The maximum atomic E-state index is 13.6. The number of hydrogen-bond donors (Lipinski definition) is 0. The Kier molecular flexibility index (Phi) is 6.94. The van der Waals surface area contributed by atoms with Crippen LogP contribution in [0.1, 0.15) is 30.9 Å². The minimum absolute atomic E-state index is 0.0373. The average Bonchev–Trinajstić information content (AvgIpc) is 2.77. The Morgan fingerprint density at radius 1 is 1.03 bits per heavy atom. The monoisotopic (exact) mass is 437 g/mol. The van der Waals surface area contributed by atoms with Gasteiger partial charge >= 0.3 is 5.97 Å². The summed E-state index contributed by atoms with van der Waals surface area (Å²) in [6.07, 6.45) is 0. The molecule has 0 saturated carbocycles. The van der Waals surface area contributed by atoms with Crippen LogP contribution in [0.2, 0.25) is 5.02 Å². The topological polar surface area (TPSA) is 59.3 Å². The number of rotatable bonds is 7. The largest absolute Gasteiger partial charge is 0.367 e. The van der Waals surface area contributed by atoms with E-state index < -0.39 is 23.1 Å². The summed E-state index contributed by atoms with van der Waals surface area (Å²) in [5.74, 6) is -2.49. The number of hydrogen-bond acceptors (Lipinski definition) is 4. The second kappa shape index (κ2) is 9.63. The van der Waals surface area contributed by atoms with Crippen molar-refractivity contribution < 1.29 is 19.0 Å². The fraction of sp³-hybridized carbons (Fsp3) is 0.200. The maximum absolute atomic E-state index is 13.6. The van der Waals surface area contributed by atoms with Gasteiger partial charge in [0.15, 0.2) is 5.75 Å². The molecule has 0 fully saturated rings. The van der Waals surface area contributed by atoms with Crippen LogP contribution in [-0.4, -0.2) is 5.97 Å². The summed E-state index contributed by atoms with van der Waals surface area (Å²) in [5, 5.41) is 10.7. The predicted octanol–water partition coefficient (Wildman–Crippen LogP) is 6.22. The molecule has 0 aromatic heterocycles. The lowest BCUT2D eigenvalue weighted by atomic mass is 9.62. The quantitative estimate of drug-likeness (QED) is 0.325. The van der Waals surface area contributed by atoms with Gasteiger partial charge in [-0.3, -0.25) is 4.89 Å². The van der Waals surface area contributed by atoms with Gasteiger partial charge in [0, 0.05) is 11.1 Å².